The van der Waals surface area contributed by atoms with E-state index in [1.165, 1.54) is 5.56 Å². The molecular formula is C17H23N3. The topological polar surface area (TPSA) is 53.0 Å². The molecule has 0 saturated carbocycles. The molecule has 0 bridgehead atoms. The Labute approximate surface area is 122 Å². The Balaban J connectivity index is 2.84. The second kappa shape index (κ2) is 9.15. The quantitative estimate of drug-likeness (QED) is 0.807. The second-order valence-corrected chi connectivity index (χ2v) is 5.20. The van der Waals surface area contributed by atoms with Gasteiger partial charge in [0.15, 0.2) is 0 Å². The molecule has 1 aromatic carbocycles. The summed E-state index contributed by atoms with van der Waals surface area (Å²) in [6.07, 6.45) is 0.559. The van der Waals surface area contributed by atoms with Crippen LogP contribution >= 0.6 is 0 Å². The maximum Gasteiger partial charge on any atom is 0.0635 e. The first-order valence-corrected chi connectivity index (χ1v) is 7.03. The number of rotatable bonds is 6. The number of nitrogens with two attached hydrogens (primary N) is 1. The first-order valence-electron chi connectivity index (χ1n) is 7.03. The highest BCUT2D eigenvalue weighted by Gasteiger charge is 2.09. The lowest BCUT2D eigenvalue weighted by Crippen LogP contribution is -2.28. The minimum Gasteiger partial charge on any atom is -0.320 e. The summed E-state index contributed by atoms with van der Waals surface area (Å²) in [7, 11) is 0. The fourth-order valence-electron chi connectivity index (χ4n) is 2.13. The van der Waals surface area contributed by atoms with Crippen LogP contribution in [0.3, 0.4) is 0 Å². The SMILES string of the molecule is CC(C)CN(CCC#N)Cc1ccccc1C#CCN. The molecule has 0 radical (unpaired) electrons. The van der Waals surface area contributed by atoms with E-state index >= 15 is 0 Å². The second-order valence-electron chi connectivity index (χ2n) is 5.20. The zero-order valence-electron chi connectivity index (χ0n) is 12.4. The summed E-state index contributed by atoms with van der Waals surface area (Å²) in [5.74, 6) is 6.61. The van der Waals surface area contributed by atoms with Gasteiger partial charge >= 0.3 is 0 Å². The molecule has 1 aromatic rings. The molecule has 3 nitrogen and oxygen atoms in total. The van der Waals surface area contributed by atoms with Crippen LogP contribution in [-0.2, 0) is 6.54 Å². The molecule has 0 aromatic heterocycles. The lowest BCUT2D eigenvalue weighted by atomic mass is 10.1. The molecule has 2 N–H and O–H groups in total. The predicted molar refractivity (Wildman–Crippen MR) is 82.7 cm³/mol. The molecule has 1 rings (SSSR count). The molecule has 106 valence electrons. The van der Waals surface area contributed by atoms with Gasteiger partial charge in [-0.15, -0.1) is 0 Å². The molecule has 0 saturated heterocycles. The van der Waals surface area contributed by atoms with Crippen LogP contribution in [0.5, 0.6) is 0 Å². The van der Waals surface area contributed by atoms with E-state index in [0.717, 1.165) is 25.2 Å². The molecular weight excluding hydrogens is 246 g/mol. The molecule has 0 atom stereocenters. The molecule has 0 aliphatic heterocycles. The Morgan fingerprint density at radius 1 is 1.30 bits per heavy atom. The number of nitriles is 1. The molecule has 0 aliphatic carbocycles. The maximum absolute atomic E-state index is 8.77. The van der Waals surface area contributed by atoms with Crippen molar-refractivity contribution in [3.8, 4) is 17.9 Å². The Morgan fingerprint density at radius 3 is 2.70 bits per heavy atom. The Bertz CT molecular complexity index is 503. The van der Waals surface area contributed by atoms with Crippen molar-refractivity contribution >= 4 is 0 Å². The van der Waals surface area contributed by atoms with Crippen LogP contribution in [0.15, 0.2) is 24.3 Å². The number of hydrogen-bond donors (Lipinski definition) is 1. The zero-order valence-corrected chi connectivity index (χ0v) is 12.4. The highest BCUT2D eigenvalue weighted by atomic mass is 15.1. The van der Waals surface area contributed by atoms with Crippen LogP contribution in [0.25, 0.3) is 0 Å². The molecule has 0 fully saturated rings. The van der Waals surface area contributed by atoms with Crippen LogP contribution in [0, 0.1) is 29.1 Å². The number of nitrogens with zero attached hydrogens (tertiary/aromatic N) is 2. The van der Waals surface area contributed by atoms with Crippen LogP contribution in [-0.4, -0.2) is 24.5 Å². The van der Waals surface area contributed by atoms with Crippen LogP contribution in [0.1, 0.15) is 31.4 Å². The van der Waals surface area contributed by atoms with E-state index in [9.17, 15) is 0 Å². The summed E-state index contributed by atoms with van der Waals surface area (Å²) in [6.45, 7) is 7.38. The van der Waals surface area contributed by atoms with Gasteiger partial charge in [0.05, 0.1) is 12.6 Å². The largest absolute Gasteiger partial charge is 0.320 e. The van der Waals surface area contributed by atoms with Gasteiger partial charge in [-0.2, -0.15) is 5.26 Å². The van der Waals surface area contributed by atoms with Crippen molar-refractivity contribution in [2.75, 3.05) is 19.6 Å². The summed E-state index contributed by atoms with van der Waals surface area (Å²) < 4.78 is 0. The smallest absolute Gasteiger partial charge is 0.0635 e. The Morgan fingerprint density at radius 2 is 2.05 bits per heavy atom. The van der Waals surface area contributed by atoms with Gasteiger partial charge in [-0.3, -0.25) is 4.90 Å². The Hall–Kier alpha value is -1.81. The van der Waals surface area contributed by atoms with E-state index in [2.05, 4.69) is 42.7 Å². The van der Waals surface area contributed by atoms with Gasteiger partial charge in [-0.1, -0.05) is 43.9 Å². The fraction of sp³-hybridized carbons (Fsp3) is 0.471. The zero-order chi connectivity index (χ0) is 14.8. The molecule has 0 spiro atoms. The molecule has 0 heterocycles. The van der Waals surface area contributed by atoms with Gasteiger partial charge in [0.25, 0.3) is 0 Å². The van der Waals surface area contributed by atoms with E-state index < -0.39 is 0 Å². The first-order chi connectivity index (χ1) is 9.67. The lowest BCUT2D eigenvalue weighted by molar-refractivity contribution is 0.241. The van der Waals surface area contributed by atoms with Crippen molar-refractivity contribution in [1.82, 2.24) is 4.90 Å². The third-order valence-electron chi connectivity index (χ3n) is 2.90. The van der Waals surface area contributed by atoms with Crippen LogP contribution in [0.4, 0.5) is 0 Å². The molecule has 0 aliphatic rings. The fourth-order valence-corrected chi connectivity index (χ4v) is 2.13. The summed E-state index contributed by atoms with van der Waals surface area (Å²) in [4.78, 5) is 2.32. The third-order valence-corrected chi connectivity index (χ3v) is 2.90. The minimum absolute atomic E-state index is 0.373. The van der Waals surface area contributed by atoms with Crippen LogP contribution in [0.2, 0.25) is 0 Å². The predicted octanol–water partition coefficient (Wildman–Crippen LogP) is 2.37. The normalized spacial score (nSPS) is 10.2. The Kier molecular flexibility index (Phi) is 7.43. The highest BCUT2D eigenvalue weighted by Crippen LogP contribution is 2.12. The molecule has 0 unspecified atom stereocenters. The van der Waals surface area contributed by atoms with Gasteiger partial charge in [0, 0.05) is 31.6 Å². The standard InChI is InChI=1S/C17H23N3/c1-15(2)13-20(12-6-11-19)14-17-8-4-3-7-16(17)9-5-10-18/h3-4,7-8,15H,6,10,12-14,18H2,1-2H3. The highest BCUT2D eigenvalue weighted by molar-refractivity contribution is 5.41. The summed E-state index contributed by atoms with van der Waals surface area (Å²) >= 11 is 0. The molecule has 20 heavy (non-hydrogen) atoms. The van der Waals surface area contributed by atoms with Crippen molar-refractivity contribution in [1.29, 1.82) is 5.26 Å². The third kappa shape index (κ3) is 5.89. The van der Waals surface area contributed by atoms with E-state index in [1.807, 2.05) is 18.2 Å². The van der Waals surface area contributed by atoms with E-state index in [4.69, 9.17) is 11.0 Å². The van der Waals surface area contributed by atoms with Gasteiger partial charge in [0.1, 0.15) is 0 Å². The van der Waals surface area contributed by atoms with E-state index in [1.54, 1.807) is 0 Å². The molecule has 0 amide bonds. The average Bonchev–Trinajstić information content (AvgIpc) is 2.43. The molecule has 3 heteroatoms. The maximum atomic E-state index is 8.77. The van der Waals surface area contributed by atoms with Crippen LogP contribution < -0.4 is 5.73 Å². The van der Waals surface area contributed by atoms with Crippen molar-refractivity contribution in [3.63, 3.8) is 0 Å². The van der Waals surface area contributed by atoms with Gasteiger partial charge in [-0.05, 0) is 17.5 Å². The minimum atomic E-state index is 0.373. The van der Waals surface area contributed by atoms with Crippen molar-refractivity contribution in [2.24, 2.45) is 11.7 Å². The summed E-state index contributed by atoms with van der Waals surface area (Å²) in [5.41, 5.74) is 7.67. The lowest BCUT2D eigenvalue weighted by Gasteiger charge is -2.23. The van der Waals surface area contributed by atoms with Crippen molar-refractivity contribution < 1.29 is 0 Å². The number of benzene rings is 1. The van der Waals surface area contributed by atoms with Crippen molar-refractivity contribution in [3.05, 3.63) is 35.4 Å². The van der Waals surface area contributed by atoms with Gasteiger partial charge < -0.3 is 5.73 Å². The van der Waals surface area contributed by atoms with Gasteiger partial charge in [-0.25, -0.2) is 0 Å². The van der Waals surface area contributed by atoms with Gasteiger partial charge in [0.2, 0.25) is 0 Å². The van der Waals surface area contributed by atoms with E-state index in [0.29, 0.717) is 18.9 Å². The average molecular weight is 269 g/mol. The first kappa shape index (κ1) is 16.2. The van der Waals surface area contributed by atoms with Crippen molar-refractivity contribution in [2.45, 2.75) is 26.8 Å². The van der Waals surface area contributed by atoms with E-state index in [-0.39, 0.29) is 0 Å². The summed E-state index contributed by atoms with van der Waals surface area (Å²) in [5, 5.41) is 8.77. The monoisotopic (exact) mass is 269 g/mol. The number of hydrogen-bond acceptors (Lipinski definition) is 3. The summed E-state index contributed by atoms with van der Waals surface area (Å²) in [6, 6.07) is 10.4.